The van der Waals surface area contributed by atoms with Crippen LogP contribution < -0.4 is 15.4 Å². The number of piperidine rings is 1. The molecule has 1 aliphatic rings. The Labute approximate surface area is 205 Å². The first kappa shape index (κ1) is 23.7. The molecule has 3 amide bonds. The number of hydrogen-bond donors (Lipinski definition) is 2. The molecule has 0 radical (unpaired) electrons. The van der Waals surface area contributed by atoms with Crippen LogP contribution in [0, 0.1) is 5.92 Å². The maximum Gasteiger partial charge on any atom is 0.286 e. The standard InChI is InChI=1S/C23H22ClN5O4S/c1-33-18-9-7-16(8-10-18)25-19(30)14-4-3-11-29(13-14)23(32)22-28-27-21(34-22)20(31)26-17-6-2-5-15(24)12-17/h2,5-10,12,14H,3-4,11,13H2,1H3,(H,25,30)(H,26,31)/t14-/m0/s1. The molecule has 176 valence electrons. The molecule has 11 heteroatoms. The molecule has 0 spiro atoms. The number of hydrogen-bond acceptors (Lipinski definition) is 7. The van der Waals surface area contributed by atoms with Gasteiger partial charge in [0.2, 0.25) is 15.9 Å². The summed E-state index contributed by atoms with van der Waals surface area (Å²) in [5, 5.41) is 14.0. The molecule has 1 atom stereocenters. The Morgan fingerprint density at radius 2 is 1.82 bits per heavy atom. The van der Waals surface area contributed by atoms with Crippen molar-refractivity contribution in [2.24, 2.45) is 5.92 Å². The molecule has 1 aromatic heterocycles. The van der Waals surface area contributed by atoms with Crippen molar-refractivity contribution in [3.8, 4) is 5.75 Å². The fraction of sp³-hybridized carbons (Fsp3) is 0.261. The highest BCUT2D eigenvalue weighted by molar-refractivity contribution is 7.15. The van der Waals surface area contributed by atoms with Crippen LogP contribution in [0.1, 0.15) is 32.4 Å². The quantitative estimate of drug-likeness (QED) is 0.531. The molecule has 3 aromatic rings. The van der Waals surface area contributed by atoms with Gasteiger partial charge in [-0.25, -0.2) is 0 Å². The van der Waals surface area contributed by atoms with E-state index < -0.39 is 5.91 Å². The second kappa shape index (κ2) is 10.6. The van der Waals surface area contributed by atoms with Gasteiger partial charge in [-0.2, -0.15) is 0 Å². The number of ether oxygens (including phenoxy) is 1. The van der Waals surface area contributed by atoms with Crippen LogP contribution in [0.3, 0.4) is 0 Å². The predicted molar refractivity (Wildman–Crippen MR) is 130 cm³/mol. The third-order valence-corrected chi connectivity index (χ3v) is 6.47. The lowest BCUT2D eigenvalue weighted by Crippen LogP contribution is -2.43. The van der Waals surface area contributed by atoms with Gasteiger partial charge >= 0.3 is 0 Å². The summed E-state index contributed by atoms with van der Waals surface area (Å²) in [4.78, 5) is 39.8. The molecule has 2 aromatic carbocycles. The fourth-order valence-corrected chi connectivity index (χ4v) is 4.48. The maximum atomic E-state index is 13.0. The van der Waals surface area contributed by atoms with Crippen LogP contribution in [0.2, 0.25) is 5.02 Å². The second-order valence-corrected chi connectivity index (χ2v) is 9.10. The molecule has 0 aliphatic carbocycles. The van der Waals surface area contributed by atoms with E-state index in [1.165, 1.54) is 0 Å². The Hall–Kier alpha value is -3.50. The molecule has 2 N–H and O–H groups in total. The number of likely N-dealkylation sites (tertiary alicyclic amines) is 1. The number of halogens is 1. The Kier molecular flexibility index (Phi) is 7.39. The molecule has 1 fully saturated rings. The monoisotopic (exact) mass is 499 g/mol. The van der Waals surface area contributed by atoms with Crippen LogP contribution in [-0.2, 0) is 4.79 Å². The lowest BCUT2D eigenvalue weighted by atomic mass is 9.97. The van der Waals surface area contributed by atoms with E-state index in [1.807, 2.05) is 0 Å². The molecule has 0 bridgehead atoms. The predicted octanol–water partition coefficient (Wildman–Crippen LogP) is 3.94. The van der Waals surface area contributed by atoms with Gasteiger partial charge in [0.05, 0.1) is 13.0 Å². The molecule has 1 saturated heterocycles. The van der Waals surface area contributed by atoms with Crippen molar-refractivity contribution in [3.05, 3.63) is 63.6 Å². The van der Waals surface area contributed by atoms with Crippen molar-refractivity contribution in [2.75, 3.05) is 30.8 Å². The summed E-state index contributed by atoms with van der Waals surface area (Å²) in [6.45, 7) is 0.777. The van der Waals surface area contributed by atoms with Crippen LogP contribution in [0.15, 0.2) is 48.5 Å². The first-order valence-corrected chi connectivity index (χ1v) is 11.8. The van der Waals surface area contributed by atoms with Gasteiger partial charge in [0, 0.05) is 29.5 Å². The van der Waals surface area contributed by atoms with Crippen LogP contribution in [0.25, 0.3) is 0 Å². The van der Waals surface area contributed by atoms with E-state index in [2.05, 4.69) is 20.8 Å². The third-order valence-electron chi connectivity index (χ3n) is 5.32. The number of anilines is 2. The van der Waals surface area contributed by atoms with Gasteiger partial charge < -0.3 is 20.3 Å². The summed E-state index contributed by atoms with van der Waals surface area (Å²) in [7, 11) is 1.58. The lowest BCUT2D eigenvalue weighted by Gasteiger charge is -2.31. The van der Waals surface area contributed by atoms with Crippen molar-refractivity contribution in [3.63, 3.8) is 0 Å². The van der Waals surface area contributed by atoms with Crippen molar-refractivity contribution >= 4 is 52.0 Å². The van der Waals surface area contributed by atoms with Gasteiger partial charge in [-0.3, -0.25) is 14.4 Å². The number of carbonyl (C=O) groups excluding carboxylic acids is 3. The lowest BCUT2D eigenvalue weighted by molar-refractivity contribution is -0.121. The van der Waals surface area contributed by atoms with Crippen LogP contribution in [-0.4, -0.2) is 53.0 Å². The van der Waals surface area contributed by atoms with Gasteiger partial charge in [-0.05, 0) is 55.3 Å². The number of rotatable bonds is 6. The number of methoxy groups -OCH3 is 1. The van der Waals surface area contributed by atoms with Gasteiger partial charge in [0.1, 0.15) is 5.75 Å². The van der Waals surface area contributed by atoms with E-state index in [9.17, 15) is 14.4 Å². The van der Waals surface area contributed by atoms with Gasteiger partial charge in [0.25, 0.3) is 11.8 Å². The molecule has 2 heterocycles. The van der Waals surface area contributed by atoms with Crippen molar-refractivity contribution in [2.45, 2.75) is 12.8 Å². The number of nitrogens with zero attached hydrogens (tertiary/aromatic N) is 3. The normalized spacial score (nSPS) is 15.5. The first-order valence-electron chi connectivity index (χ1n) is 10.6. The summed E-state index contributed by atoms with van der Waals surface area (Å²) in [6.07, 6.45) is 1.36. The Morgan fingerprint density at radius 3 is 2.56 bits per heavy atom. The molecular formula is C23H22ClN5O4S. The summed E-state index contributed by atoms with van der Waals surface area (Å²) in [6, 6.07) is 13.8. The zero-order valence-corrected chi connectivity index (χ0v) is 19.9. The Balaban J connectivity index is 1.36. The third kappa shape index (κ3) is 5.70. The van der Waals surface area contributed by atoms with E-state index in [0.29, 0.717) is 41.5 Å². The highest BCUT2D eigenvalue weighted by Gasteiger charge is 2.31. The topological polar surface area (TPSA) is 114 Å². The van der Waals surface area contributed by atoms with Crippen molar-refractivity contribution in [1.29, 1.82) is 0 Å². The highest BCUT2D eigenvalue weighted by atomic mass is 35.5. The summed E-state index contributed by atoms with van der Waals surface area (Å²) >= 11 is 6.85. The van der Waals surface area contributed by atoms with Crippen molar-refractivity contribution < 1.29 is 19.1 Å². The Bertz CT molecular complexity index is 1200. The zero-order chi connectivity index (χ0) is 24.1. The van der Waals surface area contributed by atoms with E-state index in [-0.39, 0.29) is 34.3 Å². The number of amides is 3. The number of aromatic nitrogens is 2. The van der Waals surface area contributed by atoms with Crippen LogP contribution in [0.4, 0.5) is 11.4 Å². The number of carbonyl (C=O) groups is 3. The first-order chi connectivity index (χ1) is 16.4. The number of nitrogens with one attached hydrogen (secondary N) is 2. The number of benzene rings is 2. The van der Waals surface area contributed by atoms with E-state index in [0.717, 1.165) is 11.3 Å². The summed E-state index contributed by atoms with van der Waals surface area (Å²) < 4.78 is 5.13. The molecule has 0 saturated carbocycles. The van der Waals surface area contributed by atoms with Gasteiger partial charge in [-0.1, -0.05) is 29.0 Å². The molecule has 1 aliphatic heterocycles. The van der Waals surface area contributed by atoms with Crippen LogP contribution in [0.5, 0.6) is 5.75 Å². The van der Waals surface area contributed by atoms with E-state index in [4.69, 9.17) is 16.3 Å². The molecule has 0 unspecified atom stereocenters. The average molecular weight is 500 g/mol. The minimum Gasteiger partial charge on any atom is -0.497 e. The minimum atomic E-state index is -0.478. The second-order valence-electron chi connectivity index (χ2n) is 7.68. The summed E-state index contributed by atoms with van der Waals surface area (Å²) in [5.74, 6) is -0.625. The zero-order valence-electron chi connectivity index (χ0n) is 18.3. The van der Waals surface area contributed by atoms with E-state index in [1.54, 1.807) is 60.5 Å². The largest absolute Gasteiger partial charge is 0.497 e. The highest BCUT2D eigenvalue weighted by Crippen LogP contribution is 2.23. The smallest absolute Gasteiger partial charge is 0.286 e. The molecule has 34 heavy (non-hydrogen) atoms. The van der Waals surface area contributed by atoms with Crippen molar-refractivity contribution in [1.82, 2.24) is 15.1 Å². The van der Waals surface area contributed by atoms with Gasteiger partial charge in [0.15, 0.2) is 0 Å². The molecular weight excluding hydrogens is 478 g/mol. The minimum absolute atomic E-state index is 0.0640. The SMILES string of the molecule is COc1ccc(NC(=O)[C@H]2CCCN(C(=O)c3nnc(C(=O)Nc4cccc(Cl)c4)s3)C2)cc1. The van der Waals surface area contributed by atoms with Crippen LogP contribution >= 0.6 is 22.9 Å². The van der Waals surface area contributed by atoms with Gasteiger partial charge in [-0.15, -0.1) is 10.2 Å². The fourth-order valence-electron chi connectivity index (χ4n) is 3.58. The average Bonchev–Trinajstić information content (AvgIpc) is 3.35. The molecule has 9 nitrogen and oxygen atoms in total. The van der Waals surface area contributed by atoms with E-state index >= 15 is 0 Å². The maximum absolute atomic E-state index is 13.0. The molecule has 4 rings (SSSR count). The Morgan fingerprint density at radius 1 is 1.06 bits per heavy atom. The summed E-state index contributed by atoms with van der Waals surface area (Å²) in [5.41, 5.74) is 1.18.